The van der Waals surface area contributed by atoms with Gasteiger partial charge in [0.1, 0.15) is 12.3 Å². The van der Waals surface area contributed by atoms with Crippen molar-refractivity contribution in [3.63, 3.8) is 0 Å². The van der Waals surface area contributed by atoms with Crippen molar-refractivity contribution < 1.29 is 4.42 Å². The molecule has 0 saturated carbocycles. The normalized spacial score (nSPS) is 17.7. The number of nitrogens with one attached hydrogen (secondary N) is 2. The zero-order valence-corrected chi connectivity index (χ0v) is 19.2. The van der Waals surface area contributed by atoms with Crippen molar-refractivity contribution in [3.8, 4) is 0 Å². The number of aromatic nitrogens is 1. The topological polar surface area (TPSA) is 68.9 Å². The molecule has 1 unspecified atom stereocenters. The second-order valence-corrected chi connectivity index (χ2v) is 6.64. The fraction of sp³-hybridized carbons (Fsp3) is 0.778. The van der Waals surface area contributed by atoms with Gasteiger partial charge in [-0.25, -0.2) is 9.98 Å². The smallest absolute Gasteiger partial charge is 0.216 e. The SMILES string of the molecule is CCNC(=NCc1nc(C)c(C)o1)NCC(C)N1CCN(CC)CC1.I. The number of aryl methyl sites for hydroxylation is 2. The summed E-state index contributed by atoms with van der Waals surface area (Å²) in [6.45, 7) is 18.4. The van der Waals surface area contributed by atoms with Crippen LogP contribution in [-0.2, 0) is 6.54 Å². The number of piperazine rings is 1. The van der Waals surface area contributed by atoms with E-state index in [-0.39, 0.29) is 24.0 Å². The molecule has 2 heterocycles. The summed E-state index contributed by atoms with van der Waals surface area (Å²) in [6.07, 6.45) is 0. The van der Waals surface area contributed by atoms with E-state index in [0.29, 0.717) is 18.5 Å². The van der Waals surface area contributed by atoms with E-state index < -0.39 is 0 Å². The van der Waals surface area contributed by atoms with Crippen molar-refractivity contribution in [1.82, 2.24) is 25.4 Å². The Hall–Kier alpha value is -0.870. The summed E-state index contributed by atoms with van der Waals surface area (Å²) in [7, 11) is 0. The quantitative estimate of drug-likeness (QED) is 0.355. The molecule has 8 heteroatoms. The third-order valence-electron chi connectivity index (χ3n) is 4.83. The van der Waals surface area contributed by atoms with Gasteiger partial charge in [0, 0.05) is 45.3 Å². The number of nitrogens with zero attached hydrogens (tertiary/aromatic N) is 4. The molecule has 1 fully saturated rings. The number of likely N-dealkylation sites (N-methyl/N-ethyl adjacent to an activating group) is 1. The summed E-state index contributed by atoms with van der Waals surface area (Å²) in [6, 6.07) is 0.481. The first-order chi connectivity index (χ1) is 12.0. The van der Waals surface area contributed by atoms with Crippen LogP contribution in [0.5, 0.6) is 0 Å². The van der Waals surface area contributed by atoms with Gasteiger partial charge in [-0.3, -0.25) is 4.90 Å². The van der Waals surface area contributed by atoms with E-state index in [0.717, 1.165) is 63.2 Å². The van der Waals surface area contributed by atoms with Crippen LogP contribution in [0, 0.1) is 13.8 Å². The first-order valence-corrected chi connectivity index (χ1v) is 9.45. The molecule has 0 aliphatic carbocycles. The van der Waals surface area contributed by atoms with Crippen LogP contribution >= 0.6 is 24.0 Å². The third kappa shape index (κ3) is 7.03. The predicted molar refractivity (Wildman–Crippen MR) is 117 cm³/mol. The minimum Gasteiger partial charge on any atom is -0.444 e. The molecule has 0 radical (unpaired) electrons. The molecule has 1 aliphatic heterocycles. The largest absolute Gasteiger partial charge is 0.444 e. The van der Waals surface area contributed by atoms with E-state index in [1.807, 2.05) is 13.8 Å². The minimum atomic E-state index is 0. The number of guanidine groups is 1. The number of halogens is 1. The zero-order valence-electron chi connectivity index (χ0n) is 16.8. The number of aliphatic imine (C=N–C) groups is 1. The lowest BCUT2D eigenvalue weighted by Crippen LogP contribution is -2.53. The minimum absolute atomic E-state index is 0. The molecule has 2 N–H and O–H groups in total. The van der Waals surface area contributed by atoms with Crippen molar-refractivity contribution in [3.05, 3.63) is 17.3 Å². The third-order valence-corrected chi connectivity index (χ3v) is 4.83. The van der Waals surface area contributed by atoms with Crippen molar-refractivity contribution in [2.24, 2.45) is 4.99 Å². The molecular weight excluding hydrogens is 443 g/mol. The van der Waals surface area contributed by atoms with Gasteiger partial charge in [0.2, 0.25) is 5.89 Å². The molecule has 1 aliphatic rings. The lowest BCUT2D eigenvalue weighted by Gasteiger charge is -2.37. The van der Waals surface area contributed by atoms with Crippen LogP contribution in [0.3, 0.4) is 0 Å². The van der Waals surface area contributed by atoms with E-state index in [9.17, 15) is 0 Å². The van der Waals surface area contributed by atoms with Gasteiger partial charge in [-0.2, -0.15) is 0 Å². The first-order valence-electron chi connectivity index (χ1n) is 9.45. The Morgan fingerprint density at radius 1 is 1.19 bits per heavy atom. The molecule has 26 heavy (non-hydrogen) atoms. The molecule has 1 aromatic heterocycles. The van der Waals surface area contributed by atoms with Crippen LogP contribution in [0.4, 0.5) is 0 Å². The van der Waals surface area contributed by atoms with Crippen molar-refractivity contribution in [2.75, 3.05) is 45.8 Å². The molecule has 1 atom stereocenters. The summed E-state index contributed by atoms with van der Waals surface area (Å²) >= 11 is 0. The number of rotatable bonds is 7. The first kappa shape index (κ1) is 23.2. The van der Waals surface area contributed by atoms with E-state index >= 15 is 0 Å². The highest BCUT2D eigenvalue weighted by atomic mass is 127. The fourth-order valence-electron chi connectivity index (χ4n) is 2.99. The molecule has 7 nitrogen and oxygen atoms in total. The molecule has 1 saturated heterocycles. The van der Waals surface area contributed by atoms with Gasteiger partial charge in [0.25, 0.3) is 0 Å². The van der Waals surface area contributed by atoms with Crippen LogP contribution in [0.2, 0.25) is 0 Å². The molecule has 0 spiro atoms. The maximum Gasteiger partial charge on any atom is 0.216 e. The Balaban J connectivity index is 0.00000338. The van der Waals surface area contributed by atoms with Gasteiger partial charge < -0.3 is 20.0 Å². The molecule has 1 aromatic rings. The van der Waals surface area contributed by atoms with Crippen LogP contribution in [-0.4, -0.2) is 72.6 Å². The molecule has 0 bridgehead atoms. The fourth-order valence-corrected chi connectivity index (χ4v) is 2.99. The van der Waals surface area contributed by atoms with Gasteiger partial charge in [-0.1, -0.05) is 6.92 Å². The van der Waals surface area contributed by atoms with Crippen molar-refractivity contribution in [2.45, 2.75) is 47.2 Å². The van der Waals surface area contributed by atoms with Crippen molar-refractivity contribution in [1.29, 1.82) is 0 Å². The van der Waals surface area contributed by atoms with Gasteiger partial charge in [0.05, 0.1) is 5.69 Å². The summed E-state index contributed by atoms with van der Waals surface area (Å²) < 4.78 is 5.60. The molecule has 2 rings (SSSR count). The Morgan fingerprint density at radius 3 is 2.42 bits per heavy atom. The molecule has 0 aromatic carbocycles. The van der Waals surface area contributed by atoms with Crippen LogP contribution < -0.4 is 10.6 Å². The number of hydrogen-bond donors (Lipinski definition) is 2. The van der Waals surface area contributed by atoms with Gasteiger partial charge in [-0.15, -0.1) is 24.0 Å². The average Bonchev–Trinajstić information content (AvgIpc) is 2.95. The zero-order chi connectivity index (χ0) is 18.2. The highest BCUT2D eigenvalue weighted by Crippen LogP contribution is 2.09. The summed E-state index contributed by atoms with van der Waals surface area (Å²) in [4.78, 5) is 14.0. The lowest BCUT2D eigenvalue weighted by molar-refractivity contribution is 0.107. The van der Waals surface area contributed by atoms with Crippen LogP contribution in [0.1, 0.15) is 38.1 Å². The number of hydrogen-bond acceptors (Lipinski definition) is 5. The summed E-state index contributed by atoms with van der Waals surface area (Å²) in [5.41, 5.74) is 0.933. The highest BCUT2D eigenvalue weighted by molar-refractivity contribution is 14.0. The predicted octanol–water partition coefficient (Wildman–Crippen LogP) is 1.99. The summed E-state index contributed by atoms with van der Waals surface area (Å²) in [5.74, 6) is 2.34. The number of oxazole rings is 1. The lowest BCUT2D eigenvalue weighted by atomic mass is 10.2. The van der Waals surface area contributed by atoms with Gasteiger partial charge >= 0.3 is 0 Å². The second kappa shape index (κ2) is 11.8. The van der Waals surface area contributed by atoms with Crippen LogP contribution in [0.25, 0.3) is 0 Å². The average molecular weight is 478 g/mol. The monoisotopic (exact) mass is 478 g/mol. The van der Waals surface area contributed by atoms with Gasteiger partial charge in [0.15, 0.2) is 5.96 Å². The summed E-state index contributed by atoms with van der Waals surface area (Å²) in [5, 5.41) is 6.74. The maximum atomic E-state index is 5.60. The van der Waals surface area contributed by atoms with E-state index in [1.54, 1.807) is 0 Å². The van der Waals surface area contributed by atoms with E-state index in [4.69, 9.17) is 4.42 Å². The Kier molecular flexibility index (Phi) is 10.5. The Bertz CT molecular complexity index is 534. The van der Waals surface area contributed by atoms with E-state index in [1.165, 1.54) is 0 Å². The highest BCUT2D eigenvalue weighted by Gasteiger charge is 2.20. The molecular formula is C18H35IN6O. The van der Waals surface area contributed by atoms with Crippen molar-refractivity contribution >= 4 is 29.9 Å². The molecule has 0 amide bonds. The molecule has 150 valence electrons. The maximum absolute atomic E-state index is 5.60. The standard InChI is InChI=1S/C18H34N6O.HI/c1-6-19-18(21-13-17-22-15(4)16(5)25-17)20-12-14(3)24-10-8-23(7-2)9-11-24;/h14H,6-13H2,1-5H3,(H2,19,20,21);1H. The second-order valence-electron chi connectivity index (χ2n) is 6.64. The van der Waals surface area contributed by atoms with E-state index in [2.05, 4.69) is 51.2 Å². The Morgan fingerprint density at radius 2 is 1.88 bits per heavy atom. The Labute approximate surface area is 175 Å². The van der Waals surface area contributed by atoms with Gasteiger partial charge in [-0.05, 0) is 34.2 Å². The van der Waals surface area contributed by atoms with Crippen LogP contribution in [0.15, 0.2) is 9.41 Å².